The molecule has 2 unspecified atom stereocenters. The predicted molar refractivity (Wildman–Crippen MR) is 93.4 cm³/mol. The Hall–Kier alpha value is -1.70. The normalized spacial score (nSPS) is 21.5. The maximum atomic E-state index is 12.8. The summed E-state index contributed by atoms with van der Waals surface area (Å²) in [7, 11) is 0. The molecule has 0 aromatic carbocycles. The first-order valence-electron chi connectivity index (χ1n) is 8.35. The van der Waals surface area contributed by atoms with E-state index in [1.165, 1.54) is 0 Å². The number of ether oxygens (including phenoxy) is 1. The molecule has 0 saturated carbocycles. The van der Waals surface area contributed by atoms with Crippen LogP contribution in [0.25, 0.3) is 0 Å². The van der Waals surface area contributed by atoms with Crippen molar-refractivity contribution in [3.8, 4) is 0 Å². The van der Waals surface area contributed by atoms with Gasteiger partial charge >= 0.3 is 12.3 Å². The topological polar surface area (TPSA) is 54.5 Å². The number of carbonyl (C=O) groups excluding carboxylic acids is 1. The average molecular weight is 394 g/mol. The van der Waals surface area contributed by atoms with Gasteiger partial charge in [0.1, 0.15) is 11.4 Å². The van der Waals surface area contributed by atoms with Gasteiger partial charge in [0.25, 0.3) is 0 Å². The number of nitrogens with one attached hydrogen (secondary N) is 1. The molecule has 2 heterocycles. The van der Waals surface area contributed by atoms with E-state index in [2.05, 4.69) is 10.3 Å². The number of halogens is 4. The number of anilines is 1. The second-order valence-corrected chi connectivity index (χ2v) is 7.86. The fourth-order valence-electron chi connectivity index (χ4n) is 2.79. The van der Waals surface area contributed by atoms with Crippen LogP contribution in [0.4, 0.5) is 23.8 Å². The Balaban J connectivity index is 2.12. The van der Waals surface area contributed by atoms with Crippen LogP contribution in [0.1, 0.15) is 46.1 Å². The molecule has 1 N–H and O–H groups in total. The van der Waals surface area contributed by atoms with E-state index in [0.717, 1.165) is 25.1 Å². The number of pyridine rings is 1. The Morgan fingerprint density at radius 3 is 2.54 bits per heavy atom. The van der Waals surface area contributed by atoms with Gasteiger partial charge in [0.2, 0.25) is 0 Å². The molecular formula is C17H23ClF3N3O2. The minimum atomic E-state index is -4.50. The molecule has 1 aromatic rings. The number of alkyl halides is 3. The number of nitrogens with zero attached hydrogens (tertiary/aromatic N) is 2. The number of amides is 1. The number of piperidine rings is 1. The zero-order valence-corrected chi connectivity index (χ0v) is 15.9. The van der Waals surface area contributed by atoms with Crippen LogP contribution >= 0.6 is 11.6 Å². The third-order valence-electron chi connectivity index (χ3n) is 4.02. The summed E-state index contributed by atoms with van der Waals surface area (Å²) in [6, 6.07) is 0.705. The van der Waals surface area contributed by atoms with E-state index in [1.54, 1.807) is 20.8 Å². The SMILES string of the molecule is CC1CCC(NC(=O)OC(C)(C)C)CN1c1ncc(C(F)(F)F)cc1Cl. The molecule has 0 spiro atoms. The third kappa shape index (κ3) is 5.40. The highest BCUT2D eigenvalue weighted by Gasteiger charge is 2.34. The highest BCUT2D eigenvalue weighted by molar-refractivity contribution is 6.33. The third-order valence-corrected chi connectivity index (χ3v) is 4.30. The predicted octanol–water partition coefficient (Wildman–Crippen LogP) is 4.64. The summed E-state index contributed by atoms with van der Waals surface area (Å²) >= 11 is 6.06. The van der Waals surface area contributed by atoms with Crippen molar-refractivity contribution < 1.29 is 22.7 Å². The van der Waals surface area contributed by atoms with Gasteiger partial charge in [-0.25, -0.2) is 9.78 Å². The van der Waals surface area contributed by atoms with E-state index in [-0.39, 0.29) is 22.9 Å². The molecule has 0 radical (unpaired) electrons. The Morgan fingerprint density at radius 2 is 2.00 bits per heavy atom. The lowest BCUT2D eigenvalue weighted by molar-refractivity contribution is -0.137. The molecule has 9 heteroatoms. The van der Waals surface area contributed by atoms with Crippen molar-refractivity contribution in [3.63, 3.8) is 0 Å². The summed E-state index contributed by atoms with van der Waals surface area (Å²) in [6.45, 7) is 7.65. The van der Waals surface area contributed by atoms with Gasteiger partial charge in [0, 0.05) is 24.8 Å². The molecule has 1 aromatic heterocycles. The first-order valence-corrected chi connectivity index (χ1v) is 8.73. The highest BCUT2D eigenvalue weighted by Crippen LogP contribution is 2.35. The van der Waals surface area contributed by atoms with Crippen LogP contribution in [0, 0.1) is 0 Å². The van der Waals surface area contributed by atoms with Crippen LogP contribution in [0.5, 0.6) is 0 Å². The first kappa shape index (κ1) is 20.6. The number of hydrogen-bond acceptors (Lipinski definition) is 4. The molecule has 1 aliphatic heterocycles. The van der Waals surface area contributed by atoms with Gasteiger partial charge in [-0.15, -0.1) is 0 Å². The molecule has 1 fully saturated rings. The summed E-state index contributed by atoms with van der Waals surface area (Å²) in [5, 5.41) is 2.73. The van der Waals surface area contributed by atoms with Crippen LogP contribution in [-0.4, -0.2) is 35.3 Å². The van der Waals surface area contributed by atoms with E-state index in [0.29, 0.717) is 6.54 Å². The average Bonchev–Trinajstić information content (AvgIpc) is 2.46. The minimum Gasteiger partial charge on any atom is -0.444 e. The number of carbonyl (C=O) groups is 1. The highest BCUT2D eigenvalue weighted by atomic mass is 35.5. The molecule has 0 aliphatic carbocycles. The monoisotopic (exact) mass is 393 g/mol. The lowest BCUT2D eigenvalue weighted by Gasteiger charge is -2.39. The summed E-state index contributed by atoms with van der Waals surface area (Å²) in [5.74, 6) is 0.280. The van der Waals surface area contributed by atoms with Crippen molar-refractivity contribution in [2.75, 3.05) is 11.4 Å². The van der Waals surface area contributed by atoms with E-state index in [1.807, 2.05) is 11.8 Å². The Bertz CT molecular complexity index is 662. The number of rotatable bonds is 2. The van der Waals surface area contributed by atoms with E-state index in [4.69, 9.17) is 16.3 Å². The van der Waals surface area contributed by atoms with E-state index < -0.39 is 23.4 Å². The lowest BCUT2D eigenvalue weighted by atomic mass is 9.99. The second-order valence-electron chi connectivity index (χ2n) is 7.45. The van der Waals surface area contributed by atoms with Gasteiger partial charge in [0.15, 0.2) is 0 Å². The van der Waals surface area contributed by atoms with Crippen molar-refractivity contribution in [2.45, 2.75) is 64.4 Å². The smallest absolute Gasteiger partial charge is 0.417 e. The molecule has 1 amide bonds. The minimum absolute atomic E-state index is 0.0356. The van der Waals surface area contributed by atoms with E-state index in [9.17, 15) is 18.0 Å². The molecular weight excluding hydrogens is 371 g/mol. The Kier molecular flexibility index (Phi) is 5.95. The maximum Gasteiger partial charge on any atom is 0.417 e. The molecule has 26 heavy (non-hydrogen) atoms. The Morgan fingerprint density at radius 1 is 1.35 bits per heavy atom. The molecule has 2 atom stereocenters. The van der Waals surface area contributed by atoms with Crippen molar-refractivity contribution in [3.05, 3.63) is 22.8 Å². The van der Waals surface area contributed by atoms with Gasteiger partial charge in [0.05, 0.1) is 10.6 Å². The van der Waals surface area contributed by atoms with Gasteiger partial charge < -0.3 is 15.0 Å². The van der Waals surface area contributed by atoms with Gasteiger partial charge in [-0.2, -0.15) is 13.2 Å². The van der Waals surface area contributed by atoms with Gasteiger partial charge in [-0.05, 0) is 46.6 Å². The van der Waals surface area contributed by atoms with Crippen molar-refractivity contribution in [1.82, 2.24) is 10.3 Å². The lowest BCUT2D eigenvalue weighted by Crippen LogP contribution is -2.52. The fraction of sp³-hybridized carbons (Fsp3) is 0.647. The molecule has 5 nitrogen and oxygen atoms in total. The molecule has 2 rings (SSSR count). The van der Waals surface area contributed by atoms with E-state index >= 15 is 0 Å². The maximum absolute atomic E-state index is 12.8. The Labute approximate surface area is 155 Å². The second kappa shape index (κ2) is 7.50. The van der Waals surface area contributed by atoms with Crippen molar-refractivity contribution in [1.29, 1.82) is 0 Å². The van der Waals surface area contributed by atoms with Gasteiger partial charge in [-0.1, -0.05) is 11.6 Å². The van der Waals surface area contributed by atoms with Crippen LogP contribution in [0.15, 0.2) is 12.3 Å². The van der Waals surface area contributed by atoms with Crippen molar-refractivity contribution >= 4 is 23.5 Å². The molecule has 1 aliphatic rings. The fourth-order valence-corrected chi connectivity index (χ4v) is 3.07. The number of alkyl carbamates (subject to hydrolysis) is 1. The molecule has 0 bridgehead atoms. The van der Waals surface area contributed by atoms with Crippen LogP contribution in [-0.2, 0) is 10.9 Å². The zero-order valence-electron chi connectivity index (χ0n) is 15.2. The quantitative estimate of drug-likeness (QED) is 0.795. The summed E-state index contributed by atoms with van der Waals surface area (Å²) < 4.78 is 43.6. The molecule has 1 saturated heterocycles. The first-order chi connectivity index (χ1) is 11.9. The largest absolute Gasteiger partial charge is 0.444 e. The number of aromatic nitrogens is 1. The van der Waals surface area contributed by atoms with Crippen molar-refractivity contribution in [2.24, 2.45) is 0 Å². The van der Waals surface area contributed by atoms with Crippen LogP contribution in [0.3, 0.4) is 0 Å². The standard InChI is InChI=1S/C17H23ClF3N3O2/c1-10-5-6-12(23-15(25)26-16(2,3)4)9-24(10)14-13(18)7-11(8-22-14)17(19,20)21/h7-8,10,12H,5-6,9H2,1-4H3,(H,23,25). The van der Waals surface area contributed by atoms with Crippen LogP contribution in [0.2, 0.25) is 5.02 Å². The zero-order chi connectivity index (χ0) is 19.7. The molecule has 146 valence electrons. The van der Waals surface area contributed by atoms with Gasteiger partial charge in [-0.3, -0.25) is 0 Å². The number of hydrogen-bond donors (Lipinski definition) is 1. The summed E-state index contributed by atoms with van der Waals surface area (Å²) in [5.41, 5.74) is -1.50. The summed E-state index contributed by atoms with van der Waals surface area (Å²) in [6.07, 6.45) is -2.78. The van der Waals surface area contributed by atoms with Crippen LogP contribution < -0.4 is 10.2 Å². The summed E-state index contributed by atoms with van der Waals surface area (Å²) in [4.78, 5) is 17.7.